The summed E-state index contributed by atoms with van der Waals surface area (Å²) in [6.07, 6.45) is 10.2. The number of nitrogens with zero attached hydrogens (tertiary/aromatic N) is 6. The molecule has 0 fully saturated rings. The van der Waals surface area contributed by atoms with Crippen molar-refractivity contribution < 1.29 is 13.6 Å². The molecule has 9 aromatic rings. The normalized spacial score (nSPS) is 12.1. The second kappa shape index (κ2) is 21.8. The summed E-state index contributed by atoms with van der Waals surface area (Å²) < 4.78 is 15.6. The van der Waals surface area contributed by atoms with E-state index in [-0.39, 0.29) is 34.8 Å². The van der Waals surface area contributed by atoms with Crippen LogP contribution in [-0.2, 0) is 0 Å². The molecule has 69 heavy (non-hydrogen) atoms. The van der Waals surface area contributed by atoms with Crippen LogP contribution in [0.2, 0.25) is 0 Å². The van der Waals surface area contributed by atoms with Gasteiger partial charge in [0.2, 0.25) is 0 Å². The minimum absolute atomic E-state index is 0.0859. The molecule has 0 aliphatic carbocycles. The summed E-state index contributed by atoms with van der Waals surface area (Å²) in [6.45, 7) is 17.1. The molecule has 18 nitrogen and oxygen atoms in total. The predicted molar refractivity (Wildman–Crippen MR) is 265 cm³/mol. The van der Waals surface area contributed by atoms with E-state index in [2.05, 4.69) is 61.3 Å². The molecule has 0 spiro atoms. The molecule has 0 aliphatic rings. The molecule has 0 radical (unpaired) electrons. The van der Waals surface area contributed by atoms with Crippen LogP contribution in [0.25, 0.3) is 33.4 Å². The second-order valence-electron chi connectivity index (χ2n) is 16.4. The zero-order chi connectivity index (χ0) is 49.2. The fourth-order valence-corrected chi connectivity index (χ4v) is 7.71. The summed E-state index contributed by atoms with van der Waals surface area (Å²) in [5.74, 6) is 2.16. The van der Waals surface area contributed by atoms with Crippen LogP contribution in [0, 0.1) is 41.5 Å². The molecule has 6 N–H and O–H groups in total. The van der Waals surface area contributed by atoms with Gasteiger partial charge in [-0.2, -0.15) is 0 Å². The highest BCUT2D eigenvalue weighted by Gasteiger charge is 2.18. The number of hydrogen-bond acceptors (Lipinski definition) is 15. The fraction of sp³-hybridized carbons (Fsp3) is 0.235. The minimum Gasteiger partial charge on any atom is -0.372 e. The van der Waals surface area contributed by atoms with Crippen molar-refractivity contribution >= 4 is 17.1 Å². The van der Waals surface area contributed by atoms with Gasteiger partial charge >= 0.3 is 0 Å². The smallest absolute Gasteiger partial charge is 0.271 e. The van der Waals surface area contributed by atoms with E-state index in [1.165, 1.54) is 0 Å². The number of nitrogens with one attached hydrogen (secondary N) is 6. The van der Waals surface area contributed by atoms with Crippen LogP contribution in [-0.4, -0.2) is 45.4 Å². The Kier molecular flexibility index (Phi) is 15.2. The topological polar surface area (TPSA) is 251 Å². The van der Waals surface area contributed by atoms with Crippen LogP contribution in [0.15, 0.2) is 138 Å². The first kappa shape index (κ1) is 48.3. The van der Waals surface area contributed by atoms with Gasteiger partial charge in [0.05, 0.1) is 52.3 Å². The third-order valence-corrected chi connectivity index (χ3v) is 11.2. The molecule has 0 bridgehead atoms. The monoisotopic (exact) mass is 930 g/mol. The van der Waals surface area contributed by atoms with E-state index in [9.17, 15) is 14.4 Å². The third-order valence-electron chi connectivity index (χ3n) is 11.2. The molecule has 0 aromatic carbocycles. The number of pyridine rings is 6. The molecule has 0 amide bonds. The second-order valence-corrected chi connectivity index (χ2v) is 16.4. The van der Waals surface area contributed by atoms with Gasteiger partial charge in [0, 0.05) is 70.6 Å². The highest BCUT2D eigenvalue weighted by Crippen LogP contribution is 2.30. The van der Waals surface area contributed by atoms with Gasteiger partial charge < -0.3 is 44.5 Å². The van der Waals surface area contributed by atoms with E-state index in [0.29, 0.717) is 17.1 Å². The first-order chi connectivity index (χ1) is 33.2. The Bertz CT molecular complexity index is 2890. The molecule has 18 heteroatoms. The lowest BCUT2D eigenvalue weighted by atomic mass is 10.1. The van der Waals surface area contributed by atoms with Crippen molar-refractivity contribution in [2.45, 2.75) is 80.4 Å². The maximum Gasteiger partial charge on any atom is 0.271 e. The van der Waals surface area contributed by atoms with E-state index in [4.69, 9.17) is 13.6 Å². The van der Waals surface area contributed by atoms with Crippen molar-refractivity contribution in [2.24, 2.45) is 0 Å². The van der Waals surface area contributed by atoms with Crippen molar-refractivity contribution in [1.82, 2.24) is 45.4 Å². The van der Waals surface area contributed by atoms with Crippen LogP contribution in [0.5, 0.6) is 0 Å². The highest BCUT2D eigenvalue weighted by molar-refractivity contribution is 5.72. The number of rotatable bonds is 12. The number of aromatic amines is 3. The number of H-pyrrole nitrogens is 3. The Morgan fingerprint density at radius 3 is 0.928 bits per heavy atom. The molecule has 9 aromatic heterocycles. The van der Waals surface area contributed by atoms with Crippen molar-refractivity contribution in [2.75, 3.05) is 16.0 Å². The van der Waals surface area contributed by atoms with Gasteiger partial charge in [-0.3, -0.25) is 29.3 Å². The molecule has 1 unspecified atom stereocenters. The maximum atomic E-state index is 12.1. The molecule has 354 valence electrons. The number of aryl methyl sites for hydroxylation is 6. The zero-order valence-corrected chi connectivity index (χ0v) is 39.8. The summed E-state index contributed by atoms with van der Waals surface area (Å²) in [6, 6.07) is 22.3. The van der Waals surface area contributed by atoms with Gasteiger partial charge in [-0.1, -0.05) is 33.7 Å². The lowest BCUT2D eigenvalue weighted by Crippen LogP contribution is -2.17. The fourth-order valence-electron chi connectivity index (χ4n) is 7.71. The molecule has 9 heterocycles. The summed E-state index contributed by atoms with van der Waals surface area (Å²) in [7, 11) is 0. The number of hydrogen-bond donors (Lipinski definition) is 6. The van der Waals surface area contributed by atoms with Crippen molar-refractivity contribution in [3.8, 4) is 33.4 Å². The van der Waals surface area contributed by atoms with Gasteiger partial charge in [-0.05, 0) is 117 Å². The SMILES string of the molecule is Cc1noc(C)c1-c1c[nH]c(=O)c(NC(C)c2ccccn2)c1.Cc1noc(C)c1-c1c[nH]c(=O)c(N[C@@H](C)c2ccccn2)c1.Cc1noc(C)c1-c1c[nH]c(=O)c(N[C@H](C)c2ccccn2)c1. The van der Waals surface area contributed by atoms with Crippen molar-refractivity contribution in [3.05, 3.63) is 192 Å². The lowest BCUT2D eigenvalue weighted by Gasteiger charge is -2.14. The van der Waals surface area contributed by atoms with Gasteiger partial charge in [0.15, 0.2) is 0 Å². The zero-order valence-electron chi connectivity index (χ0n) is 39.8. The molecular weight excluding hydrogens is 877 g/mol. The number of anilines is 3. The lowest BCUT2D eigenvalue weighted by molar-refractivity contribution is 0.393. The molecular formula is C51H54N12O6. The van der Waals surface area contributed by atoms with Crippen LogP contribution >= 0.6 is 0 Å². The third kappa shape index (κ3) is 11.7. The largest absolute Gasteiger partial charge is 0.372 e. The van der Waals surface area contributed by atoms with Crippen LogP contribution in [0.1, 0.15) is 90.3 Å². The first-order valence-electron chi connectivity index (χ1n) is 22.2. The Hall–Kier alpha value is -8.67. The average Bonchev–Trinajstić information content (AvgIpc) is 4.01. The molecule has 9 rings (SSSR count). The van der Waals surface area contributed by atoms with Crippen LogP contribution < -0.4 is 32.6 Å². The molecule has 3 atom stereocenters. The van der Waals surface area contributed by atoms with Crippen molar-refractivity contribution in [3.63, 3.8) is 0 Å². The quantitative estimate of drug-likeness (QED) is 0.0667. The van der Waals surface area contributed by atoms with E-state index in [1.807, 2.05) is 135 Å². The summed E-state index contributed by atoms with van der Waals surface area (Å²) in [4.78, 5) is 57.5. The van der Waals surface area contributed by atoms with Crippen LogP contribution in [0.4, 0.5) is 17.1 Å². The molecule has 0 saturated heterocycles. The standard InChI is InChI=1S/3C17H18N4O2/c3*1-10(14-6-4-5-7-18-14)20-15-8-13(9-19-17(15)22)16-11(2)21-23-12(16)3/h3*4-10,20H,1-3H3,(H,19,22)/t2*10-;/m10./s1. The van der Waals surface area contributed by atoms with E-state index < -0.39 is 0 Å². The Morgan fingerprint density at radius 1 is 0.435 bits per heavy atom. The first-order valence-corrected chi connectivity index (χ1v) is 22.2. The highest BCUT2D eigenvalue weighted by atomic mass is 16.5. The summed E-state index contributed by atoms with van der Waals surface area (Å²) in [5, 5.41) is 21.5. The predicted octanol–water partition coefficient (Wildman–Crippen LogP) is 9.64. The van der Waals surface area contributed by atoms with E-state index >= 15 is 0 Å². The Labute approximate surface area is 397 Å². The van der Waals surface area contributed by atoms with Gasteiger partial charge in [0.1, 0.15) is 34.3 Å². The Balaban J connectivity index is 0.000000153. The van der Waals surface area contributed by atoms with Gasteiger partial charge in [-0.25, -0.2) is 0 Å². The molecule has 0 saturated carbocycles. The van der Waals surface area contributed by atoms with Gasteiger partial charge in [-0.15, -0.1) is 0 Å². The maximum absolute atomic E-state index is 12.1. The van der Waals surface area contributed by atoms with Crippen molar-refractivity contribution in [1.29, 1.82) is 0 Å². The van der Waals surface area contributed by atoms with Gasteiger partial charge in [0.25, 0.3) is 16.7 Å². The summed E-state index contributed by atoms with van der Waals surface area (Å²) in [5.41, 5.74) is 11.2. The minimum atomic E-state index is -0.178. The molecule has 0 aliphatic heterocycles. The van der Waals surface area contributed by atoms with E-state index in [1.54, 1.807) is 37.2 Å². The Morgan fingerprint density at radius 2 is 0.710 bits per heavy atom. The average molecular weight is 931 g/mol. The summed E-state index contributed by atoms with van der Waals surface area (Å²) >= 11 is 0. The number of aromatic nitrogens is 9. The van der Waals surface area contributed by atoms with E-state index in [0.717, 1.165) is 84.8 Å². The van der Waals surface area contributed by atoms with Crippen LogP contribution in [0.3, 0.4) is 0 Å².